The zero-order valence-electron chi connectivity index (χ0n) is 24.8. The van der Waals surface area contributed by atoms with Crippen LogP contribution >= 0.6 is 23.5 Å². The zero-order chi connectivity index (χ0) is 33.8. The van der Waals surface area contributed by atoms with Gasteiger partial charge in [0, 0.05) is 62.8 Å². The van der Waals surface area contributed by atoms with Crippen molar-refractivity contribution in [1.82, 2.24) is 14.7 Å². The molecule has 15 nitrogen and oxygen atoms in total. The molecule has 0 spiro atoms. The Morgan fingerprint density at radius 2 is 1.36 bits per heavy atom. The molecule has 1 atom stereocenters. The van der Waals surface area contributed by atoms with E-state index in [0.717, 1.165) is 43.7 Å². The smallest absolute Gasteiger partial charge is 0.328 e. The predicted molar refractivity (Wildman–Crippen MR) is 167 cm³/mol. The van der Waals surface area contributed by atoms with E-state index >= 15 is 0 Å². The summed E-state index contributed by atoms with van der Waals surface area (Å²) in [5.41, 5.74) is 0. The summed E-state index contributed by atoms with van der Waals surface area (Å²) in [5, 5.41) is 31.3. The van der Waals surface area contributed by atoms with Crippen molar-refractivity contribution in [2.45, 2.75) is 5.37 Å². The summed E-state index contributed by atoms with van der Waals surface area (Å²) in [4.78, 5) is 69.4. The Labute approximate surface area is 268 Å². The van der Waals surface area contributed by atoms with E-state index in [0.29, 0.717) is 55.5 Å². The number of methoxy groups -OCH3 is 1. The largest absolute Gasteiger partial charge is 0.493 e. The number of carboxylic acid groups (broad SMARTS) is 4. The molecule has 1 amide bonds. The first kappa shape index (κ1) is 39.0. The van der Waals surface area contributed by atoms with Crippen LogP contribution in [-0.4, -0.2) is 147 Å². The number of piperazine rings is 1. The number of rotatable bonds is 12. The summed E-state index contributed by atoms with van der Waals surface area (Å²) >= 11 is 2.84. The molecule has 0 aromatic heterocycles. The molecule has 2 heterocycles. The first-order valence-corrected chi connectivity index (χ1v) is 15.4. The Morgan fingerprint density at radius 3 is 1.84 bits per heavy atom. The van der Waals surface area contributed by atoms with E-state index in [-0.39, 0.29) is 22.1 Å². The average Bonchev–Trinajstić information content (AvgIpc) is 3.47. The lowest BCUT2D eigenvalue weighted by Crippen LogP contribution is -2.46. The van der Waals surface area contributed by atoms with E-state index in [1.807, 2.05) is 29.2 Å². The van der Waals surface area contributed by atoms with Crippen LogP contribution < -0.4 is 9.47 Å². The standard InChI is InChI=1S/C20H29N3O4S2.2C4H4O4/c1-21-7-9-22(10-8-21)13-20(25)29-15-18(24)23-11-12-28-19(23)14-27-17-6-4-3-5-16(17)26-2;2*5-3(6)1-2-4(7)8/h3-6,19H,7-15H2,1-2H3;2*1-2H,(H,5,6)(H,7,8)/b;2*2-1+. The summed E-state index contributed by atoms with van der Waals surface area (Å²) < 4.78 is 11.2. The molecule has 2 aliphatic heterocycles. The quantitative estimate of drug-likeness (QED) is 0.227. The van der Waals surface area contributed by atoms with Crippen molar-refractivity contribution in [3.05, 3.63) is 48.6 Å². The molecule has 4 N–H and O–H groups in total. The molecule has 17 heteroatoms. The number of carboxylic acids is 4. The third-order valence-electron chi connectivity index (χ3n) is 5.80. The second-order valence-electron chi connectivity index (χ2n) is 9.13. The number of hydrogen-bond acceptors (Lipinski definition) is 12. The SMILES string of the molecule is COc1ccccc1OCC1SCCN1C(=O)CSC(=O)CN1CCN(C)CC1.O=C(O)/C=C/C(=O)O.O=C(O)/C=C/C(=O)O. The fourth-order valence-corrected chi connectivity index (χ4v) is 5.45. The van der Waals surface area contributed by atoms with Gasteiger partial charge in [-0.15, -0.1) is 11.8 Å². The van der Waals surface area contributed by atoms with Gasteiger partial charge in [-0.2, -0.15) is 0 Å². The maximum Gasteiger partial charge on any atom is 0.328 e. The molecule has 2 fully saturated rings. The number of ether oxygens (including phenoxy) is 2. The van der Waals surface area contributed by atoms with Crippen molar-refractivity contribution in [2.75, 3.05) is 71.5 Å². The lowest BCUT2D eigenvalue weighted by atomic mass is 10.3. The number of thioether (sulfide) groups is 2. The van der Waals surface area contributed by atoms with Crippen LogP contribution in [0.25, 0.3) is 0 Å². The lowest BCUT2D eigenvalue weighted by molar-refractivity contribution is -0.134. The average molecular weight is 672 g/mol. The van der Waals surface area contributed by atoms with Crippen LogP contribution in [0.4, 0.5) is 0 Å². The maximum absolute atomic E-state index is 12.7. The van der Waals surface area contributed by atoms with Crippen molar-refractivity contribution < 1.29 is 58.7 Å². The number of carbonyl (C=O) groups is 6. The number of para-hydroxylation sites is 2. The summed E-state index contributed by atoms with van der Waals surface area (Å²) in [7, 11) is 3.70. The van der Waals surface area contributed by atoms with Gasteiger partial charge in [0.15, 0.2) is 11.5 Å². The first-order chi connectivity index (χ1) is 21.3. The number of amides is 1. The number of aliphatic carboxylic acids is 4. The van der Waals surface area contributed by atoms with Gasteiger partial charge in [0.2, 0.25) is 11.0 Å². The van der Waals surface area contributed by atoms with E-state index in [1.165, 1.54) is 0 Å². The van der Waals surface area contributed by atoms with Gasteiger partial charge in [-0.25, -0.2) is 19.2 Å². The van der Waals surface area contributed by atoms with E-state index < -0.39 is 23.9 Å². The normalized spacial score (nSPS) is 16.7. The van der Waals surface area contributed by atoms with E-state index in [4.69, 9.17) is 29.9 Å². The number of hydrogen-bond donors (Lipinski definition) is 4. The number of likely N-dealkylation sites (N-methyl/N-ethyl adjacent to an activating group) is 1. The molecule has 248 valence electrons. The second kappa shape index (κ2) is 21.6. The highest BCUT2D eigenvalue weighted by Crippen LogP contribution is 2.29. The Morgan fingerprint density at radius 1 is 0.844 bits per heavy atom. The van der Waals surface area contributed by atoms with Crippen molar-refractivity contribution >= 4 is 58.4 Å². The van der Waals surface area contributed by atoms with Crippen LogP contribution in [0.2, 0.25) is 0 Å². The molecule has 2 saturated heterocycles. The highest BCUT2D eigenvalue weighted by molar-refractivity contribution is 8.14. The number of nitrogens with zero attached hydrogens (tertiary/aromatic N) is 3. The zero-order valence-corrected chi connectivity index (χ0v) is 26.4. The van der Waals surface area contributed by atoms with Gasteiger partial charge in [-0.05, 0) is 19.2 Å². The number of benzene rings is 1. The molecule has 1 aromatic carbocycles. The Bertz CT molecular complexity index is 1150. The van der Waals surface area contributed by atoms with Gasteiger partial charge in [-0.1, -0.05) is 23.9 Å². The fourth-order valence-electron chi connectivity index (χ4n) is 3.59. The van der Waals surface area contributed by atoms with Gasteiger partial charge in [-0.3, -0.25) is 14.5 Å². The Hall–Kier alpha value is -4.06. The molecule has 0 saturated carbocycles. The molecule has 3 rings (SSSR count). The highest BCUT2D eigenvalue weighted by atomic mass is 32.2. The van der Waals surface area contributed by atoms with Crippen molar-refractivity contribution in [1.29, 1.82) is 0 Å². The molecule has 1 aromatic rings. The van der Waals surface area contributed by atoms with Crippen molar-refractivity contribution in [2.24, 2.45) is 0 Å². The number of carbonyl (C=O) groups excluding carboxylic acids is 2. The molecule has 0 aliphatic carbocycles. The van der Waals surface area contributed by atoms with E-state index in [1.54, 1.807) is 18.9 Å². The molecular weight excluding hydrogens is 634 g/mol. The topological polar surface area (TPSA) is 212 Å². The third-order valence-corrected chi connectivity index (χ3v) is 7.84. The van der Waals surface area contributed by atoms with Gasteiger partial charge in [0.05, 0.1) is 19.4 Å². The maximum atomic E-state index is 12.7. The monoisotopic (exact) mass is 671 g/mol. The minimum Gasteiger partial charge on any atom is -0.493 e. The summed E-state index contributed by atoms with van der Waals surface area (Å²) in [6, 6.07) is 7.49. The van der Waals surface area contributed by atoms with Gasteiger partial charge >= 0.3 is 23.9 Å². The van der Waals surface area contributed by atoms with Gasteiger partial charge < -0.3 is 39.7 Å². The lowest BCUT2D eigenvalue weighted by Gasteiger charge is -2.31. The summed E-state index contributed by atoms with van der Waals surface area (Å²) in [5.74, 6) is -2.60. The molecule has 45 heavy (non-hydrogen) atoms. The van der Waals surface area contributed by atoms with Gasteiger partial charge in [0.25, 0.3) is 0 Å². The minimum absolute atomic E-state index is 0.000328. The molecular formula is C28H37N3O12S2. The predicted octanol–water partition coefficient (Wildman–Crippen LogP) is 0.906. The fraction of sp³-hybridized carbons (Fsp3) is 0.429. The molecule has 2 aliphatic rings. The van der Waals surface area contributed by atoms with E-state index in [2.05, 4.69) is 16.8 Å². The molecule has 0 bridgehead atoms. The molecule has 0 radical (unpaired) electrons. The third kappa shape index (κ3) is 17.7. The van der Waals surface area contributed by atoms with Crippen LogP contribution in [0.1, 0.15) is 0 Å². The van der Waals surface area contributed by atoms with Crippen molar-refractivity contribution in [3.63, 3.8) is 0 Å². The highest BCUT2D eigenvalue weighted by Gasteiger charge is 2.30. The van der Waals surface area contributed by atoms with Crippen LogP contribution in [0, 0.1) is 0 Å². The summed E-state index contributed by atoms with van der Waals surface area (Å²) in [6.45, 7) is 5.28. The Balaban J connectivity index is 0.000000521. The second-order valence-corrected chi connectivity index (χ2v) is 11.5. The van der Waals surface area contributed by atoms with Crippen molar-refractivity contribution in [3.8, 4) is 11.5 Å². The van der Waals surface area contributed by atoms with Crippen LogP contribution in [0.5, 0.6) is 11.5 Å². The molecule has 1 unspecified atom stereocenters. The summed E-state index contributed by atoms with van der Waals surface area (Å²) in [6.07, 6.45) is 2.23. The van der Waals surface area contributed by atoms with Gasteiger partial charge in [0.1, 0.15) is 12.0 Å². The van der Waals surface area contributed by atoms with Crippen LogP contribution in [0.15, 0.2) is 48.6 Å². The van der Waals surface area contributed by atoms with Crippen LogP contribution in [0.3, 0.4) is 0 Å². The minimum atomic E-state index is -1.26. The van der Waals surface area contributed by atoms with E-state index in [9.17, 15) is 28.8 Å². The first-order valence-electron chi connectivity index (χ1n) is 13.3. The van der Waals surface area contributed by atoms with Crippen LogP contribution in [-0.2, 0) is 28.8 Å². The Kier molecular flexibility index (Phi) is 18.7.